The van der Waals surface area contributed by atoms with Crippen molar-refractivity contribution >= 4 is 11.6 Å². The van der Waals surface area contributed by atoms with E-state index in [0.717, 1.165) is 32.4 Å². The number of nitrogens with zero attached hydrogens (tertiary/aromatic N) is 1. The summed E-state index contributed by atoms with van der Waals surface area (Å²) in [6.45, 7) is 5.93. The summed E-state index contributed by atoms with van der Waals surface area (Å²) < 4.78 is 13.3. The zero-order valence-corrected chi connectivity index (χ0v) is 12.2. The molecule has 1 fully saturated rings. The first-order valence-electron chi connectivity index (χ1n) is 7.33. The topological polar surface area (TPSA) is 46.3 Å². The van der Waals surface area contributed by atoms with Crippen molar-refractivity contribution in [3.8, 4) is 0 Å². The van der Waals surface area contributed by atoms with Crippen LogP contribution in [0.1, 0.15) is 43.5 Å². The molecule has 1 unspecified atom stereocenters. The molecule has 4 heteroatoms. The van der Waals surface area contributed by atoms with Gasteiger partial charge in [-0.15, -0.1) is 0 Å². The Kier molecular flexibility index (Phi) is 4.63. The second-order valence-electron chi connectivity index (χ2n) is 5.96. The molecule has 0 radical (unpaired) electrons. The smallest absolute Gasteiger partial charge is 0.256 e. The minimum atomic E-state index is -0.419. The van der Waals surface area contributed by atoms with Gasteiger partial charge in [0.1, 0.15) is 5.82 Å². The number of rotatable bonds is 2. The van der Waals surface area contributed by atoms with Gasteiger partial charge >= 0.3 is 0 Å². The van der Waals surface area contributed by atoms with E-state index in [4.69, 9.17) is 5.73 Å². The van der Waals surface area contributed by atoms with Crippen molar-refractivity contribution in [1.29, 1.82) is 0 Å². The standard InChI is InChI=1S/C16H23FN2O/c1-11(2)12-4-3-8-19(9-7-12)16(20)14-10-13(17)5-6-15(14)18/h5-6,10-12H,3-4,7-9,18H2,1-2H3. The average Bonchev–Trinajstić information content (AvgIpc) is 2.66. The number of benzene rings is 1. The number of nitrogens with two attached hydrogens (primary N) is 1. The van der Waals surface area contributed by atoms with Gasteiger partial charge in [-0.05, 0) is 49.3 Å². The maximum atomic E-state index is 13.3. The third-order valence-corrected chi connectivity index (χ3v) is 4.25. The first-order valence-corrected chi connectivity index (χ1v) is 7.33. The fraction of sp³-hybridized carbons (Fsp3) is 0.562. The minimum Gasteiger partial charge on any atom is -0.398 e. The molecule has 20 heavy (non-hydrogen) atoms. The van der Waals surface area contributed by atoms with E-state index >= 15 is 0 Å². The van der Waals surface area contributed by atoms with Crippen LogP contribution < -0.4 is 5.73 Å². The molecule has 3 nitrogen and oxygen atoms in total. The molecule has 0 spiro atoms. The molecule has 1 amide bonds. The van der Waals surface area contributed by atoms with Gasteiger partial charge in [-0.3, -0.25) is 4.79 Å². The van der Waals surface area contributed by atoms with Crippen molar-refractivity contribution in [1.82, 2.24) is 4.90 Å². The summed E-state index contributed by atoms with van der Waals surface area (Å²) in [4.78, 5) is 14.3. The molecule has 110 valence electrons. The number of anilines is 1. The van der Waals surface area contributed by atoms with Gasteiger partial charge in [-0.25, -0.2) is 4.39 Å². The monoisotopic (exact) mass is 278 g/mol. The number of hydrogen-bond donors (Lipinski definition) is 1. The van der Waals surface area contributed by atoms with Crippen molar-refractivity contribution in [2.75, 3.05) is 18.8 Å². The molecule has 0 aromatic heterocycles. The predicted octanol–water partition coefficient (Wildman–Crippen LogP) is 3.31. The lowest BCUT2D eigenvalue weighted by molar-refractivity contribution is 0.0759. The molecule has 0 aliphatic carbocycles. The van der Waals surface area contributed by atoms with Crippen LogP contribution in [-0.4, -0.2) is 23.9 Å². The van der Waals surface area contributed by atoms with Crippen LogP contribution in [0.3, 0.4) is 0 Å². The van der Waals surface area contributed by atoms with Crippen LogP contribution in [-0.2, 0) is 0 Å². The molecule has 1 saturated heterocycles. The number of halogens is 1. The number of amides is 1. The SMILES string of the molecule is CC(C)C1CCCN(C(=O)c2cc(F)ccc2N)CC1. The highest BCUT2D eigenvalue weighted by atomic mass is 19.1. The Morgan fingerprint density at radius 3 is 2.80 bits per heavy atom. The van der Waals surface area contributed by atoms with Crippen molar-refractivity contribution in [3.05, 3.63) is 29.6 Å². The van der Waals surface area contributed by atoms with Gasteiger partial charge in [-0.2, -0.15) is 0 Å². The largest absolute Gasteiger partial charge is 0.398 e. The molecular weight excluding hydrogens is 255 g/mol. The molecule has 1 aromatic rings. The highest BCUT2D eigenvalue weighted by molar-refractivity contribution is 5.99. The van der Waals surface area contributed by atoms with Gasteiger partial charge in [-0.1, -0.05) is 13.8 Å². The van der Waals surface area contributed by atoms with Crippen molar-refractivity contribution in [2.45, 2.75) is 33.1 Å². The summed E-state index contributed by atoms with van der Waals surface area (Å²) in [5, 5.41) is 0. The quantitative estimate of drug-likeness (QED) is 0.844. The molecule has 1 atom stereocenters. The van der Waals surface area contributed by atoms with Crippen LogP contribution in [0.5, 0.6) is 0 Å². The van der Waals surface area contributed by atoms with Crippen LogP contribution in [0.25, 0.3) is 0 Å². The second kappa shape index (κ2) is 6.25. The molecule has 1 aromatic carbocycles. The fourth-order valence-corrected chi connectivity index (χ4v) is 2.88. The van der Waals surface area contributed by atoms with Gasteiger partial charge in [0.25, 0.3) is 5.91 Å². The first kappa shape index (κ1) is 14.8. The summed E-state index contributed by atoms with van der Waals surface area (Å²) in [6, 6.07) is 3.98. The highest BCUT2D eigenvalue weighted by Gasteiger charge is 2.24. The Bertz CT molecular complexity index is 487. The zero-order chi connectivity index (χ0) is 14.7. The van der Waals surface area contributed by atoms with Crippen molar-refractivity contribution < 1.29 is 9.18 Å². The van der Waals surface area contributed by atoms with Crippen LogP contribution in [0, 0.1) is 17.7 Å². The van der Waals surface area contributed by atoms with Crippen LogP contribution in [0.15, 0.2) is 18.2 Å². The van der Waals surface area contributed by atoms with Gasteiger partial charge < -0.3 is 10.6 Å². The third kappa shape index (κ3) is 3.30. The lowest BCUT2D eigenvalue weighted by Gasteiger charge is -2.22. The summed E-state index contributed by atoms with van der Waals surface area (Å²) in [5.41, 5.74) is 6.43. The molecule has 1 heterocycles. The Labute approximate surface area is 120 Å². The number of carbonyl (C=O) groups is 1. The van der Waals surface area contributed by atoms with Crippen molar-refractivity contribution in [2.24, 2.45) is 11.8 Å². The maximum Gasteiger partial charge on any atom is 0.256 e. The number of carbonyl (C=O) groups excluding carboxylic acids is 1. The summed E-state index contributed by atoms with van der Waals surface area (Å²) >= 11 is 0. The predicted molar refractivity (Wildman–Crippen MR) is 78.9 cm³/mol. The summed E-state index contributed by atoms with van der Waals surface area (Å²) in [6.07, 6.45) is 3.17. The minimum absolute atomic E-state index is 0.147. The highest BCUT2D eigenvalue weighted by Crippen LogP contribution is 2.26. The van der Waals surface area contributed by atoms with E-state index in [2.05, 4.69) is 13.8 Å². The Hall–Kier alpha value is -1.58. The Balaban J connectivity index is 2.11. The van der Waals surface area contributed by atoms with E-state index in [-0.39, 0.29) is 11.5 Å². The first-order chi connectivity index (χ1) is 9.49. The fourth-order valence-electron chi connectivity index (χ4n) is 2.88. The second-order valence-corrected chi connectivity index (χ2v) is 5.96. The lowest BCUT2D eigenvalue weighted by atomic mass is 9.89. The van der Waals surface area contributed by atoms with Gasteiger partial charge in [0.05, 0.1) is 5.56 Å². The summed E-state index contributed by atoms with van der Waals surface area (Å²) in [5.74, 6) is 0.741. The van der Waals surface area contributed by atoms with E-state index in [1.165, 1.54) is 18.2 Å². The number of hydrogen-bond acceptors (Lipinski definition) is 2. The van der Waals surface area contributed by atoms with E-state index in [0.29, 0.717) is 17.5 Å². The van der Waals surface area contributed by atoms with Crippen LogP contribution >= 0.6 is 0 Å². The molecule has 1 aliphatic rings. The van der Waals surface area contributed by atoms with E-state index in [9.17, 15) is 9.18 Å². The molecular formula is C16H23FN2O. The maximum absolute atomic E-state index is 13.3. The van der Waals surface area contributed by atoms with E-state index in [1.54, 1.807) is 0 Å². The Morgan fingerprint density at radius 2 is 2.10 bits per heavy atom. The molecule has 1 aliphatic heterocycles. The van der Waals surface area contributed by atoms with Crippen LogP contribution in [0.2, 0.25) is 0 Å². The summed E-state index contributed by atoms with van der Waals surface area (Å²) in [7, 11) is 0. The van der Waals surface area contributed by atoms with Gasteiger partial charge in [0.15, 0.2) is 0 Å². The third-order valence-electron chi connectivity index (χ3n) is 4.25. The average molecular weight is 278 g/mol. The van der Waals surface area contributed by atoms with Gasteiger partial charge in [0.2, 0.25) is 0 Å². The number of likely N-dealkylation sites (tertiary alicyclic amines) is 1. The zero-order valence-electron chi connectivity index (χ0n) is 12.2. The normalized spacial score (nSPS) is 20.0. The molecule has 0 bridgehead atoms. The number of nitrogen functional groups attached to an aromatic ring is 1. The van der Waals surface area contributed by atoms with Gasteiger partial charge in [0, 0.05) is 18.8 Å². The molecule has 2 N–H and O–H groups in total. The lowest BCUT2D eigenvalue weighted by Crippen LogP contribution is -2.32. The van der Waals surface area contributed by atoms with E-state index < -0.39 is 5.82 Å². The molecule has 0 saturated carbocycles. The Morgan fingerprint density at radius 1 is 1.35 bits per heavy atom. The van der Waals surface area contributed by atoms with Crippen molar-refractivity contribution in [3.63, 3.8) is 0 Å². The van der Waals surface area contributed by atoms with Crippen LogP contribution in [0.4, 0.5) is 10.1 Å². The molecule has 2 rings (SSSR count). The van der Waals surface area contributed by atoms with E-state index in [1.807, 2.05) is 4.90 Å².